The minimum Gasteiger partial charge on any atom is -0.364 e. The Labute approximate surface area is 638 Å². The number of pyridine rings is 3. The van der Waals surface area contributed by atoms with E-state index in [1.807, 2.05) is 56.3 Å². The van der Waals surface area contributed by atoms with E-state index in [2.05, 4.69) is 113 Å². The van der Waals surface area contributed by atoms with Crippen molar-refractivity contribution in [3.63, 3.8) is 0 Å². The topological polar surface area (TPSA) is 515 Å². The van der Waals surface area contributed by atoms with Crippen molar-refractivity contribution in [2.45, 2.75) is 167 Å². The van der Waals surface area contributed by atoms with Gasteiger partial charge in [0.15, 0.2) is 0 Å². The maximum Gasteiger partial charge on any atom is 0.329 e. The smallest absolute Gasteiger partial charge is 0.329 e. The fourth-order valence-electron chi connectivity index (χ4n) is 12.6. The van der Waals surface area contributed by atoms with Crippen LogP contribution in [0.5, 0.6) is 0 Å². The van der Waals surface area contributed by atoms with Crippen LogP contribution in [0.1, 0.15) is 136 Å². The Kier molecular flexibility index (Phi) is 31.5. The number of benzene rings is 1. The molecule has 0 unspecified atom stereocenters. The van der Waals surface area contributed by atoms with Crippen LogP contribution in [-0.2, 0) is 26.2 Å². The number of anilines is 8. The number of halogens is 2. The van der Waals surface area contributed by atoms with Crippen LogP contribution in [0.2, 0.25) is 5.02 Å². The zero-order chi connectivity index (χ0) is 76.9. The molecule has 16 N–H and O–H groups in total. The molecule has 1 aromatic carbocycles. The number of aryl methyl sites for hydroxylation is 2. The predicted molar refractivity (Wildman–Crippen MR) is 419 cm³/mol. The fraction of sp³-hybridized carbons (Fsp3) is 0.479. The molecule has 4 fully saturated rings. The average Bonchev–Trinajstić information content (AvgIpc) is 0.852. The molecular weight excluding hydrogens is 1470 g/mol. The molecule has 0 radical (unpaired) electrons. The SMILES string of the molecule is Cc1ccc(CNc2ncc([N+](=O)[O-])c(NCC3CCC(N)CC3)n2)cn1.Cc1cncc(CNc2ncc([N+](=O)[O-])c(NCC3CCC(N)CC3)n2)c1.NC1CCC(CNc2nc(NCc3ccc(Cl)cn3)ncc2[N+](=O)[O-])CC1.NC1CCC(CNc2nc(NCc3cccc(Br)c3)ncc2[N+](=O)[O-])CC1. The first-order valence-electron chi connectivity index (χ1n) is 36.2. The molecule has 0 amide bonds. The number of hydrogen-bond acceptors (Lipinski definition) is 31. The number of hydrogen-bond donors (Lipinski definition) is 12. The largest absolute Gasteiger partial charge is 0.364 e. The minimum atomic E-state index is -0.482. The van der Waals surface area contributed by atoms with Crippen molar-refractivity contribution in [2.24, 2.45) is 46.6 Å². The summed E-state index contributed by atoms with van der Waals surface area (Å²) in [5, 5.41) is 70.5. The highest BCUT2D eigenvalue weighted by atomic mass is 79.9. The molecule has 0 spiro atoms. The van der Waals surface area contributed by atoms with E-state index in [4.69, 9.17) is 34.5 Å². The molecule has 7 heterocycles. The molecule has 4 aliphatic rings. The normalized spacial score (nSPS) is 19.5. The van der Waals surface area contributed by atoms with E-state index in [1.165, 1.54) is 24.8 Å². The van der Waals surface area contributed by atoms with Gasteiger partial charge in [0.25, 0.3) is 0 Å². The highest BCUT2D eigenvalue weighted by Crippen LogP contribution is 2.32. The third-order valence-corrected chi connectivity index (χ3v) is 19.7. The van der Waals surface area contributed by atoms with E-state index in [0.717, 1.165) is 141 Å². The Morgan fingerprint density at radius 1 is 0.398 bits per heavy atom. The van der Waals surface area contributed by atoms with E-state index >= 15 is 0 Å². The van der Waals surface area contributed by atoms with Crippen LogP contribution in [0.3, 0.4) is 0 Å². The summed E-state index contributed by atoms with van der Waals surface area (Å²) in [5.74, 6) is 4.10. The monoisotopic (exact) mass is 1570 g/mol. The van der Waals surface area contributed by atoms with E-state index in [9.17, 15) is 40.5 Å². The number of nitro groups is 4. The van der Waals surface area contributed by atoms with Gasteiger partial charge in [0.05, 0.1) is 37.0 Å². The first-order chi connectivity index (χ1) is 52.0. The summed E-state index contributed by atoms with van der Waals surface area (Å²) in [5.41, 5.74) is 29.0. The van der Waals surface area contributed by atoms with Gasteiger partial charge >= 0.3 is 22.7 Å². The summed E-state index contributed by atoms with van der Waals surface area (Å²) >= 11 is 9.25. The van der Waals surface area contributed by atoms with Crippen LogP contribution >= 0.6 is 27.5 Å². The van der Waals surface area contributed by atoms with Gasteiger partial charge < -0.3 is 65.5 Å². The molecular formula is C71H95BrClN27O8. The highest BCUT2D eigenvalue weighted by molar-refractivity contribution is 9.10. The molecule has 0 bridgehead atoms. The molecule has 8 aromatic rings. The Bertz CT molecular complexity index is 3940. The van der Waals surface area contributed by atoms with Crippen LogP contribution in [0.4, 0.5) is 69.8 Å². The second kappa shape index (κ2) is 41.6. The van der Waals surface area contributed by atoms with Gasteiger partial charge in [0.1, 0.15) is 24.8 Å². The average molecular weight is 1570 g/mol. The Hall–Kier alpha value is -10.4. The molecule has 0 aliphatic heterocycles. The lowest BCUT2D eigenvalue weighted by Gasteiger charge is -2.26. The minimum absolute atomic E-state index is 0.115. The van der Waals surface area contributed by atoms with Crippen molar-refractivity contribution < 1.29 is 19.7 Å². The third kappa shape index (κ3) is 27.1. The highest BCUT2D eigenvalue weighted by Gasteiger charge is 2.27. The first kappa shape index (κ1) is 81.7. The van der Waals surface area contributed by atoms with Gasteiger partial charge in [-0.1, -0.05) is 51.8 Å². The van der Waals surface area contributed by atoms with Crippen molar-refractivity contribution in [3.05, 3.63) is 188 Å². The van der Waals surface area contributed by atoms with Crippen LogP contribution in [0, 0.1) is 78.0 Å². The van der Waals surface area contributed by atoms with E-state index in [1.54, 1.807) is 36.9 Å². The maximum atomic E-state index is 11.3. The molecule has 12 rings (SSSR count). The lowest BCUT2D eigenvalue weighted by Crippen LogP contribution is -2.29. The molecule has 4 aliphatic carbocycles. The molecule has 0 atom stereocenters. The van der Waals surface area contributed by atoms with Gasteiger partial charge in [-0.25, -0.2) is 19.9 Å². The lowest BCUT2D eigenvalue weighted by atomic mass is 9.86. The molecule has 0 saturated heterocycles. The summed E-state index contributed by atoms with van der Waals surface area (Å²) < 4.78 is 0.987. The van der Waals surface area contributed by atoms with Crippen molar-refractivity contribution in [2.75, 3.05) is 68.7 Å². The molecule has 7 aromatic heterocycles. The van der Waals surface area contributed by atoms with E-state index in [0.29, 0.717) is 105 Å². The standard InChI is InChI=1S/C18H23BrN6O2.2C18H25N7O2.C17H22ClN7O2/c19-14-3-1-2-13(8-14)10-22-18-23-11-16(25(26)27)17(24-18)21-9-12-4-6-15(20)7-5-12;1-12-6-14(8-20-7-12)10-22-18-23-11-16(25(26)27)17(24-18)21-9-13-2-4-15(19)5-3-13;1-12-2-3-14(9-20-12)10-22-18-23-11-16(25(26)27)17(24-18)21-8-13-4-6-15(19)7-5-13;18-12-3-6-14(20-8-12)9-22-17-23-10-15(25(26)27)16(24-17)21-7-11-1-4-13(19)5-2-11/h1-3,8,11-12,15H,4-7,9-10,20H2,(H2,21,22,23,24);6-8,11,13,15H,2-5,9-10,19H2,1H3,(H2,21,22,23,24);2-3,9,11,13,15H,4-8,10,19H2,1H3,(H2,21,22,23,24);3,6,8,10-11,13H,1-2,4-5,7,9,19H2,(H2,21,22,23,24). The molecule has 37 heteroatoms. The summed E-state index contributed by atoms with van der Waals surface area (Å²) in [6, 6.07) is 18.4. The van der Waals surface area contributed by atoms with Gasteiger partial charge in [0.2, 0.25) is 47.1 Å². The van der Waals surface area contributed by atoms with Gasteiger partial charge in [-0.05, 0) is 193 Å². The quantitative estimate of drug-likeness (QED) is 0.0160. The Morgan fingerprint density at radius 2 is 0.769 bits per heavy atom. The van der Waals surface area contributed by atoms with Crippen LogP contribution in [0.25, 0.3) is 0 Å². The van der Waals surface area contributed by atoms with Crippen LogP contribution in [0.15, 0.2) is 109 Å². The van der Waals surface area contributed by atoms with Crippen LogP contribution in [-0.4, -0.2) is 125 Å². The summed E-state index contributed by atoms with van der Waals surface area (Å²) in [6.45, 7) is 8.35. The van der Waals surface area contributed by atoms with Crippen molar-refractivity contribution in [1.29, 1.82) is 0 Å². The summed E-state index contributed by atoms with van der Waals surface area (Å²) in [7, 11) is 0. The predicted octanol–water partition coefficient (Wildman–Crippen LogP) is 11.9. The van der Waals surface area contributed by atoms with Crippen LogP contribution < -0.4 is 65.5 Å². The van der Waals surface area contributed by atoms with Gasteiger partial charge in [-0.3, -0.25) is 55.4 Å². The lowest BCUT2D eigenvalue weighted by molar-refractivity contribution is -0.384. The fourth-order valence-corrected chi connectivity index (χ4v) is 13.2. The van der Waals surface area contributed by atoms with Gasteiger partial charge in [-0.2, -0.15) is 19.9 Å². The first-order valence-corrected chi connectivity index (χ1v) is 37.4. The Morgan fingerprint density at radius 3 is 1.10 bits per heavy atom. The number of nitrogens with zero attached hydrogens (tertiary/aromatic N) is 15. The number of aromatic nitrogens is 11. The third-order valence-electron chi connectivity index (χ3n) is 19.0. The molecule has 576 valence electrons. The maximum absolute atomic E-state index is 11.3. The molecule has 35 nitrogen and oxygen atoms in total. The van der Waals surface area contributed by atoms with E-state index < -0.39 is 19.7 Å². The summed E-state index contributed by atoms with van der Waals surface area (Å²) in [4.78, 5) is 89.2. The van der Waals surface area contributed by atoms with E-state index in [-0.39, 0.29) is 70.2 Å². The zero-order valence-corrected chi connectivity index (χ0v) is 62.8. The molecule has 108 heavy (non-hydrogen) atoms. The summed E-state index contributed by atoms with van der Waals surface area (Å²) in [6.07, 6.45) is 28.0. The second-order valence-electron chi connectivity index (χ2n) is 27.6. The van der Waals surface area contributed by atoms with Gasteiger partial charge in [-0.15, -0.1) is 0 Å². The van der Waals surface area contributed by atoms with Gasteiger partial charge in [0, 0.05) is 105 Å². The number of nitrogens with one attached hydrogen (secondary N) is 8. The number of nitrogens with two attached hydrogens (primary N) is 4. The zero-order valence-electron chi connectivity index (χ0n) is 60.4. The molecule has 4 saturated carbocycles. The van der Waals surface area contributed by atoms with Crippen molar-refractivity contribution in [1.82, 2.24) is 54.8 Å². The van der Waals surface area contributed by atoms with Crippen molar-refractivity contribution in [3.8, 4) is 0 Å². The Balaban J connectivity index is 0.000000166. The second-order valence-corrected chi connectivity index (χ2v) is 28.9. The van der Waals surface area contributed by atoms with Crippen molar-refractivity contribution >= 4 is 97.3 Å². The number of rotatable bonds is 28.